The lowest BCUT2D eigenvalue weighted by Crippen LogP contribution is -2.21. The Hall–Kier alpha value is -4.12. The number of carbonyl (C=O) groups excluding carboxylic acids is 1. The molecule has 10 nitrogen and oxygen atoms in total. The Morgan fingerprint density at radius 3 is 2.38 bits per heavy atom. The van der Waals surface area contributed by atoms with Gasteiger partial charge < -0.3 is 14.8 Å². The molecule has 0 heterocycles. The van der Waals surface area contributed by atoms with Gasteiger partial charge in [0.25, 0.3) is 21.6 Å². The van der Waals surface area contributed by atoms with Crippen molar-refractivity contribution in [3.63, 3.8) is 0 Å². The van der Waals surface area contributed by atoms with E-state index in [1.54, 1.807) is 37.3 Å². The Balaban J connectivity index is 1.65. The molecular weight excluding hydrogens is 462 g/mol. The van der Waals surface area contributed by atoms with Crippen LogP contribution in [-0.2, 0) is 14.8 Å². The number of nitrogens with zero attached hydrogens (tertiary/aromatic N) is 1. The number of hydrogen-bond donors (Lipinski definition) is 2. The molecule has 0 spiro atoms. The first-order valence-corrected chi connectivity index (χ1v) is 11.5. The molecule has 178 valence electrons. The van der Waals surface area contributed by atoms with E-state index in [4.69, 9.17) is 9.47 Å². The van der Waals surface area contributed by atoms with Crippen LogP contribution in [0, 0.1) is 24.0 Å². The van der Waals surface area contributed by atoms with Gasteiger partial charge in [-0.3, -0.25) is 19.6 Å². The molecule has 0 aliphatic heterocycles. The molecule has 0 bridgehead atoms. The van der Waals surface area contributed by atoms with Crippen LogP contribution in [0.2, 0.25) is 0 Å². The molecule has 0 radical (unpaired) electrons. The molecule has 11 heteroatoms. The molecule has 3 aromatic rings. The number of anilines is 2. The van der Waals surface area contributed by atoms with Crippen LogP contribution in [0.25, 0.3) is 0 Å². The average Bonchev–Trinajstić information content (AvgIpc) is 2.79. The maximum Gasteiger partial charge on any atom is 0.274 e. The smallest absolute Gasteiger partial charge is 0.274 e. The maximum absolute atomic E-state index is 12.7. The van der Waals surface area contributed by atoms with Crippen LogP contribution in [0.5, 0.6) is 11.5 Å². The Morgan fingerprint density at radius 1 is 1.06 bits per heavy atom. The molecule has 0 aliphatic carbocycles. The number of aryl methyl sites for hydroxylation is 1. The van der Waals surface area contributed by atoms with Gasteiger partial charge >= 0.3 is 0 Å². The number of methoxy groups -OCH3 is 1. The number of rotatable bonds is 9. The number of sulfonamides is 1. The van der Waals surface area contributed by atoms with Crippen molar-refractivity contribution >= 4 is 33.0 Å². The Kier molecular flexibility index (Phi) is 7.37. The fourth-order valence-corrected chi connectivity index (χ4v) is 4.25. The molecular formula is C23H23N3O7S. The molecule has 1 amide bonds. The lowest BCUT2D eigenvalue weighted by atomic mass is 10.1. The van der Waals surface area contributed by atoms with Gasteiger partial charge in [-0.15, -0.1) is 0 Å². The summed E-state index contributed by atoms with van der Waals surface area (Å²) in [7, 11) is -2.32. The monoisotopic (exact) mass is 485 g/mol. The van der Waals surface area contributed by atoms with Crippen molar-refractivity contribution in [1.82, 2.24) is 0 Å². The van der Waals surface area contributed by atoms with Crippen LogP contribution in [0.3, 0.4) is 0 Å². The third-order valence-corrected chi connectivity index (χ3v) is 6.31. The highest BCUT2D eigenvalue weighted by Gasteiger charge is 2.17. The van der Waals surface area contributed by atoms with Crippen molar-refractivity contribution in [2.75, 3.05) is 23.8 Å². The van der Waals surface area contributed by atoms with E-state index in [2.05, 4.69) is 10.0 Å². The Labute approximate surface area is 196 Å². The third kappa shape index (κ3) is 5.81. The summed E-state index contributed by atoms with van der Waals surface area (Å²) in [5.74, 6) is 0.417. The molecule has 0 unspecified atom stereocenters. The van der Waals surface area contributed by atoms with Gasteiger partial charge in [-0.25, -0.2) is 8.42 Å². The number of nitro groups is 1. The van der Waals surface area contributed by atoms with Gasteiger partial charge in [0.05, 0.1) is 28.2 Å². The summed E-state index contributed by atoms with van der Waals surface area (Å²) in [6, 6.07) is 15.1. The van der Waals surface area contributed by atoms with Gasteiger partial charge in [0.15, 0.2) is 6.61 Å². The quantitative estimate of drug-likeness (QED) is 0.345. The summed E-state index contributed by atoms with van der Waals surface area (Å²) in [4.78, 5) is 22.8. The second-order valence-electron chi connectivity index (χ2n) is 7.30. The van der Waals surface area contributed by atoms with Crippen molar-refractivity contribution in [2.24, 2.45) is 0 Å². The first-order chi connectivity index (χ1) is 16.1. The molecule has 0 saturated carbocycles. The van der Waals surface area contributed by atoms with Crippen LogP contribution < -0.4 is 19.5 Å². The highest BCUT2D eigenvalue weighted by Crippen LogP contribution is 2.26. The normalized spacial score (nSPS) is 10.9. The van der Waals surface area contributed by atoms with E-state index in [-0.39, 0.29) is 17.2 Å². The zero-order valence-corrected chi connectivity index (χ0v) is 19.5. The van der Waals surface area contributed by atoms with Gasteiger partial charge in [-0.2, -0.15) is 0 Å². The second kappa shape index (κ2) is 10.2. The van der Waals surface area contributed by atoms with Crippen molar-refractivity contribution < 1.29 is 27.6 Å². The van der Waals surface area contributed by atoms with Gasteiger partial charge in [0.2, 0.25) is 0 Å². The van der Waals surface area contributed by atoms with E-state index in [0.29, 0.717) is 34.0 Å². The van der Waals surface area contributed by atoms with E-state index in [9.17, 15) is 23.3 Å². The zero-order valence-electron chi connectivity index (χ0n) is 18.7. The molecule has 0 atom stereocenters. The van der Waals surface area contributed by atoms with Crippen molar-refractivity contribution in [1.29, 1.82) is 0 Å². The van der Waals surface area contributed by atoms with E-state index in [1.165, 1.54) is 44.4 Å². The van der Waals surface area contributed by atoms with Crippen LogP contribution in [-0.4, -0.2) is 33.0 Å². The van der Waals surface area contributed by atoms with Crippen LogP contribution in [0.1, 0.15) is 11.1 Å². The minimum absolute atomic E-state index is 0.0323. The topological polar surface area (TPSA) is 137 Å². The number of carbonyl (C=O) groups is 1. The minimum Gasteiger partial charge on any atom is -0.497 e. The summed E-state index contributed by atoms with van der Waals surface area (Å²) in [5.41, 5.74) is 1.43. The van der Waals surface area contributed by atoms with Crippen LogP contribution >= 0.6 is 0 Å². The van der Waals surface area contributed by atoms with Gasteiger partial charge in [-0.1, -0.05) is 6.07 Å². The van der Waals surface area contributed by atoms with Crippen molar-refractivity contribution in [2.45, 2.75) is 18.7 Å². The van der Waals surface area contributed by atoms with Crippen molar-refractivity contribution in [3.05, 3.63) is 81.9 Å². The lowest BCUT2D eigenvalue weighted by molar-refractivity contribution is -0.385. The average molecular weight is 486 g/mol. The van der Waals surface area contributed by atoms with Crippen LogP contribution in [0.15, 0.2) is 65.6 Å². The third-order valence-electron chi connectivity index (χ3n) is 4.93. The zero-order chi connectivity index (χ0) is 24.9. The molecule has 0 aliphatic rings. The molecule has 3 rings (SSSR count). The largest absolute Gasteiger partial charge is 0.497 e. The van der Waals surface area contributed by atoms with Gasteiger partial charge in [0, 0.05) is 11.8 Å². The highest BCUT2D eigenvalue weighted by atomic mass is 32.2. The standard InChI is InChI=1S/C23H23N3O7S/c1-15-13-19(34(30,31)25-17-7-9-18(32-3)10-8-17)11-12-22(15)33-14-23(27)24-20-5-4-6-21(16(20)2)26(28)29/h4-13,25H,14H2,1-3H3,(H,24,27). The summed E-state index contributed by atoms with van der Waals surface area (Å²) in [6.45, 7) is 2.83. The minimum atomic E-state index is -3.84. The van der Waals surface area contributed by atoms with Crippen LogP contribution in [0.4, 0.5) is 17.1 Å². The first kappa shape index (κ1) is 24.5. The fourth-order valence-electron chi connectivity index (χ4n) is 3.11. The maximum atomic E-state index is 12.7. The molecule has 0 aromatic heterocycles. The van der Waals surface area contributed by atoms with Gasteiger partial charge in [-0.05, 0) is 67.9 Å². The number of amides is 1. The Morgan fingerprint density at radius 2 is 1.76 bits per heavy atom. The molecule has 0 saturated heterocycles. The highest BCUT2D eigenvalue weighted by molar-refractivity contribution is 7.92. The van der Waals surface area contributed by atoms with E-state index in [1.807, 2.05) is 0 Å². The predicted molar refractivity (Wildman–Crippen MR) is 127 cm³/mol. The summed E-state index contributed by atoms with van der Waals surface area (Å²) in [6.07, 6.45) is 0. The number of hydrogen-bond acceptors (Lipinski definition) is 7. The van der Waals surface area contributed by atoms with Gasteiger partial charge in [0.1, 0.15) is 11.5 Å². The molecule has 2 N–H and O–H groups in total. The number of benzene rings is 3. The Bertz CT molecular complexity index is 1320. The fraction of sp³-hybridized carbons (Fsp3) is 0.174. The summed E-state index contributed by atoms with van der Waals surface area (Å²) < 4.78 is 38.5. The summed E-state index contributed by atoms with van der Waals surface area (Å²) >= 11 is 0. The SMILES string of the molecule is COc1ccc(NS(=O)(=O)c2ccc(OCC(=O)Nc3cccc([N+](=O)[O-])c3C)c(C)c2)cc1. The molecule has 3 aromatic carbocycles. The predicted octanol–water partition coefficient (Wildman–Crippen LogP) is 4.04. The molecule has 0 fully saturated rings. The second-order valence-corrected chi connectivity index (χ2v) is 8.99. The van der Waals surface area contributed by atoms with E-state index >= 15 is 0 Å². The number of nitrogens with one attached hydrogen (secondary N) is 2. The van der Waals surface area contributed by atoms with E-state index in [0.717, 1.165) is 0 Å². The van der Waals surface area contributed by atoms with Crippen molar-refractivity contribution in [3.8, 4) is 11.5 Å². The molecule has 34 heavy (non-hydrogen) atoms. The summed E-state index contributed by atoms with van der Waals surface area (Å²) in [5, 5.41) is 13.6. The number of ether oxygens (including phenoxy) is 2. The number of nitro benzene ring substituents is 1. The van der Waals surface area contributed by atoms with E-state index < -0.39 is 20.9 Å². The lowest BCUT2D eigenvalue weighted by Gasteiger charge is -2.13. The first-order valence-electron chi connectivity index (χ1n) is 10.0.